The summed E-state index contributed by atoms with van der Waals surface area (Å²) in [5.74, 6) is 0. The van der Waals surface area contributed by atoms with Gasteiger partial charge < -0.3 is 0 Å². The van der Waals surface area contributed by atoms with Crippen molar-refractivity contribution in [2.75, 3.05) is 0 Å². The molecule has 0 aromatic carbocycles. The second-order valence-electron chi connectivity index (χ2n) is 3.33. The van der Waals surface area contributed by atoms with Crippen molar-refractivity contribution in [2.45, 2.75) is 11.8 Å². The predicted molar refractivity (Wildman–Crippen MR) is 90.9 cm³/mol. The molecule has 1 aliphatic rings. The molecule has 0 atom stereocenters. The fourth-order valence-corrected chi connectivity index (χ4v) is 41.6. The van der Waals surface area contributed by atoms with E-state index < -0.39 is 31.9 Å². The minimum absolute atomic E-state index is 1.13. The van der Waals surface area contributed by atoms with E-state index in [2.05, 4.69) is 0 Å². The van der Waals surface area contributed by atoms with Crippen LogP contribution in [-0.4, -0.2) is 31.9 Å². The number of halogens is 11. The lowest BCUT2D eigenvalue weighted by Crippen LogP contribution is -2.82. The third-order valence-corrected chi connectivity index (χ3v) is 44.3. The van der Waals surface area contributed by atoms with Crippen LogP contribution in [0.1, 0.15) is 0 Å². The van der Waals surface area contributed by atoms with Gasteiger partial charge in [0.05, 0.1) is 4.62 Å². The Bertz CT molecular complexity index is 305. The Morgan fingerprint density at radius 2 is 0.882 bits per heavy atom. The Labute approximate surface area is 154 Å². The van der Waals surface area contributed by atoms with Gasteiger partial charge in [-0.05, 0) is 0 Å². The molecule has 0 saturated carbocycles. The van der Waals surface area contributed by atoms with Crippen molar-refractivity contribution in [3.63, 3.8) is 0 Å². The lowest BCUT2D eigenvalue weighted by Gasteiger charge is -2.54. The molecule has 1 fully saturated rings. The molecule has 0 bridgehead atoms. The van der Waals surface area contributed by atoms with Gasteiger partial charge in [0.1, 0.15) is 0 Å². The van der Waals surface area contributed by atoms with E-state index in [1.165, 1.54) is 0 Å². The summed E-state index contributed by atoms with van der Waals surface area (Å²) in [5.41, 5.74) is 0. The topological polar surface area (TPSA) is 0 Å². The second kappa shape index (κ2) is 5.19. The quantitative estimate of drug-likeness (QED) is 0.214. The first kappa shape index (κ1) is 18.9. The van der Waals surface area contributed by atoms with E-state index in [1.807, 2.05) is 0 Å². The maximum absolute atomic E-state index is 6.14. The highest BCUT2D eigenvalue weighted by Crippen LogP contribution is 2.67. The van der Waals surface area contributed by atoms with Crippen molar-refractivity contribution in [3.8, 4) is 0 Å². The van der Waals surface area contributed by atoms with Crippen LogP contribution in [0.25, 0.3) is 0 Å². The summed E-state index contributed by atoms with van der Waals surface area (Å²) in [4.78, 5) is 0. The molecule has 0 radical (unpaired) electrons. The Hall–Kier alpha value is 3.84. The molecular formula is C3HCl11Si3. The van der Waals surface area contributed by atoms with Crippen LogP contribution in [0.5, 0.6) is 0 Å². The van der Waals surface area contributed by atoms with Crippen molar-refractivity contribution in [3.05, 3.63) is 0 Å². The highest BCUT2D eigenvalue weighted by Gasteiger charge is 2.86. The number of alkyl halides is 5. The Balaban J connectivity index is 3.56. The van der Waals surface area contributed by atoms with Crippen LogP contribution in [0.2, 0.25) is 0 Å². The third-order valence-electron chi connectivity index (χ3n) is 2.26. The van der Waals surface area contributed by atoms with E-state index in [-0.39, 0.29) is 0 Å². The molecule has 0 aromatic rings. The monoisotopic (exact) mass is 506 g/mol. The SMILES string of the molecule is ClC1[Si](Cl)(Cl)C(Cl)(Cl)[Si](Cl)(Cl)C(Cl)(Cl)[Si]1(Cl)Cl. The first-order valence-corrected chi connectivity index (χ1v) is 17.9. The van der Waals surface area contributed by atoms with Gasteiger partial charge in [0, 0.05) is 0 Å². The summed E-state index contributed by atoms with van der Waals surface area (Å²) in [6, 6.07) is 0. The smallest absolute Gasteiger partial charge is 0.142 e. The zero-order chi connectivity index (χ0) is 14.1. The molecule has 102 valence electrons. The number of hydrogen-bond donors (Lipinski definition) is 0. The van der Waals surface area contributed by atoms with Crippen molar-refractivity contribution in [2.24, 2.45) is 0 Å². The maximum atomic E-state index is 6.14. The summed E-state index contributed by atoms with van der Waals surface area (Å²) in [6.45, 7) is -11.1. The molecule has 17 heavy (non-hydrogen) atoms. The molecule has 0 unspecified atom stereocenters. The van der Waals surface area contributed by atoms with Crippen molar-refractivity contribution in [1.29, 1.82) is 0 Å². The lowest BCUT2D eigenvalue weighted by molar-refractivity contribution is 1.34. The van der Waals surface area contributed by atoms with Crippen LogP contribution >= 0.6 is 124 Å². The average Bonchev–Trinajstić information content (AvgIpc) is 2.13. The highest BCUT2D eigenvalue weighted by molar-refractivity contribution is 7.78. The van der Waals surface area contributed by atoms with Gasteiger partial charge in [0.2, 0.25) is 0 Å². The highest BCUT2D eigenvalue weighted by atomic mass is 35.7. The Morgan fingerprint density at radius 1 is 0.647 bits per heavy atom. The summed E-state index contributed by atoms with van der Waals surface area (Å²) >= 11 is 67.2. The maximum Gasteiger partial charge on any atom is 0.320 e. The molecule has 1 saturated heterocycles. The summed E-state index contributed by atoms with van der Waals surface area (Å²) in [7, 11) is 0. The zero-order valence-corrected chi connectivity index (χ0v) is 18.6. The molecule has 14 heteroatoms. The van der Waals surface area contributed by atoms with Crippen LogP contribution in [0.15, 0.2) is 0 Å². The van der Waals surface area contributed by atoms with E-state index in [1.54, 1.807) is 0 Å². The minimum atomic E-state index is -3.84. The minimum Gasteiger partial charge on any atom is -0.142 e. The third kappa shape index (κ3) is 2.35. The van der Waals surface area contributed by atoms with Crippen molar-refractivity contribution in [1.82, 2.24) is 0 Å². The van der Waals surface area contributed by atoms with Gasteiger partial charge in [0.25, 0.3) is 0 Å². The average molecular weight is 511 g/mol. The van der Waals surface area contributed by atoms with Crippen LogP contribution < -0.4 is 0 Å². The zero-order valence-electron chi connectivity index (χ0n) is 7.23. The second-order valence-corrected chi connectivity index (χ2v) is 31.4. The standard InChI is InChI=1S/C3HCl11Si3/c4-1-15(9,10)2(5,6)17(13,14)3(7,8)16(1,11)12/h1H. The van der Waals surface area contributed by atoms with E-state index in [9.17, 15) is 0 Å². The lowest BCUT2D eigenvalue weighted by atomic mass is 11.7. The number of rotatable bonds is 0. The molecule has 0 aliphatic carbocycles. The van der Waals surface area contributed by atoms with Crippen molar-refractivity contribution >= 4 is 145 Å². The first-order chi connectivity index (χ1) is 7.15. The van der Waals surface area contributed by atoms with Gasteiger partial charge in [0.15, 0.2) is 7.16 Å². The van der Waals surface area contributed by atoms with E-state index in [0.29, 0.717) is 0 Å². The van der Waals surface area contributed by atoms with Gasteiger partial charge in [-0.25, -0.2) is 0 Å². The van der Waals surface area contributed by atoms with Crippen molar-refractivity contribution < 1.29 is 0 Å². The van der Waals surface area contributed by atoms with E-state index >= 15 is 0 Å². The van der Waals surface area contributed by atoms with E-state index in [0.717, 1.165) is 0 Å². The summed E-state index contributed by atoms with van der Waals surface area (Å²) in [6.07, 6.45) is 0. The van der Waals surface area contributed by atoms with Crippen LogP contribution in [0.3, 0.4) is 0 Å². The van der Waals surface area contributed by atoms with Gasteiger partial charge >= 0.3 is 20.1 Å². The van der Waals surface area contributed by atoms with Gasteiger partial charge in [-0.3, -0.25) is 0 Å². The molecule has 1 aliphatic heterocycles. The fourth-order valence-electron chi connectivity index (χ4n) is 1.16. The molecular weight excluding hydrogens is 510 g/mol. The van der Waals surface area contributed by atoms with Crippen LogP contribution in [-0.2, 0) is 0 Å². The normalized spacial score (nSPS) is 33.4. The largest absolute Gasteiger partial charge is 0.320 e. The van der Waals surface area contributed by atoms with Gasteiger partial charge in [-0.15, -0.1) is 124 Å². The molecule has 0 nitrogen and oxygen atoms in total. The predicted octanol–water partition coefficient (Wildman–Crippen LogP) is 5.95. The van der Waals surface area contributed by atoms with Gasteiger partial charge in [-0.1, -0.05) is 0 Å². The van der Waals surface area contributed by atoms with Crippen LogP contribution in [0.4, 0.5) is 0 Å². The van der Waals surface area contributed by atoms with Crippen LogP contribution in [0, 0.1) is 0 Å². The molecule has 0 amide bonds. The number of hydrogen-bond acceptors (Lipinski definition) is 0. The molecule has 1 heterocycles. The first-order valence-electron chi connectivity index (χ1n) is 3.69. The Kier molecular flexibility index (Phi) is 5.77. The van der Waals surface area contributed by atoms with E-state index in [4.69, 9.17) is 124 Å². The van der Waals surface area contributed by atoms with Gasteiger partial charge in [-0.2, -0.15) is 0 Å². The molecule has 0 N–H and O–H groups in total. The Morgan fingerprint density at radius 3 is 1.12 bits per heavy atom. The molecule has 0 aromatic heterocycles. The summed E-state index contributed by atoms with van der Waals surface area (Å²) < 4.78 is -4.96. The summed E-state index contributed by atoms with van der Waals surface area (Å²) in [5, 5.41) is 0. The molecule has 0 spiro atoms. The molecule has 1 rings (SSSR count). The fraction of sp³-hybridized carbons (Fsp3) is 1.00.